The predicted octanol–water partition coefficient (Wildman–Crippen LogP) is 3.31. The molecule has 2 aromatic rings. The van der Waals surface area contributed by atoms with Gasteiger partial charge in [-0.2, -0.15) is 0 Å². The van der Waals surface area contributed by atoms with E-state index in [1.54, 1.807) is 32.9 Å². The molecule has 1 heterocycles. The minimum atomic E-state index is -1.09. The smallest absolute Gasteiger partial charge is 0.339 e. The fourth-order valence-corrected chi connectivity index (χ4v) is 4.54. The molecule has 0 bridgehead atoms. The Morgan fingerprint density at radius 3 is 2.63 bits per heavy atom. The number of nitrogens with one attached hydrogen (secondary N) is 1. The number of para-hydroxylation sites is 1. The van der Waals surface area contributed by atoms with E-state index in [9.17, 15) is 24.9 Å². The van der Waals surface area contributed by atoms with Gasteiger partial charge in [-0.1, -0.05) is 24.3 Å². The Hall–Kier alpha value is -3.10. The number of carboxylic acid groups (broad SMARTS) is 1. The van der Waals surface area contributed by atoms with Gasteiger partial charge in [0, 0.05) is 25.2 Å². The SMILES string of the molecule is CCOc1cc(CC(=O)N[C@H](CC(C)(C)O)c2ccccc2N2CCC[C@H](O)C2)ccc1C(=O)O. The van der Waals surface area contributed by atoms with Crippen LogP contribution in [0.2, 0.25) is 0 Å². The van der Waals surface area contributed by atoms with Crippen molar-refractivity contribution in [1.82, 2.24) is 5.32 Å². The summed E-state index contributed by atoms with van der Waals surface area (Å²) in [4.78, 5) is 26.7. The zero-order chi connectivity index (χ0) is 25.6. The Balaban J connectivity index is 1.84. The van der Waals surface area contributed by atoms with Crippen molar-refractivity contribution in [2.75, 3.05) is 24.6 Å². The fraction of sp³-hybridized carbons (Fsp3) is 0.481. The molecule has 1 amide bonds. The molecule has 0 aliphatic carbocycles. The first kappa shape index (κ1) is 26.5. The number of amides is 1. The van der Waals surface area contributed by atoms with E-state index in [4.69, 9.17) is 4.74 Å². The Morgan fingerprint density at radius 1 is 1.23 bits per heavy atom. The lowest BCUT2D eigenvalue weighted by atomic mass is 9.91. The molecule has 0 unspecified atom stereocenters. The van der Waals surface area contributed by atoms with E-state index in [-0.39, 0.29) is 23.6 Å². The summed E-state index contributed by atoms with van der Waals surface area (Å²) >= 11 is 0. The topological polar surface area (TPSA) is 119 Å². The number of hydrogen-bond acceptors (Lipinski definition) is 6. The summed E-state index contributed by atoms with van der Waals surface area (Å²) < 4.78 is 5.46. The minimum Gasteiger partial charge on any atom is -0.493 e. The highest BCUT2D eigenvalue weighted by atomic mass is 16.5. The number of aliphatic hydroxyl groups is 2. The number of aliphatic hydroxyl groups excluding tert-OH is 1. The van der Waals surface area contributed by atoms with Gasteiger partial charge in [-0.3, -0.25) is 4.79 Å². The lowest BCUT2D eigenvalue weighted by Crippen LogP contribution is -2.40. The molecule has 0 aromatic heterocycles. The summed E-state index contributed by atoms with van der Waals surface area (Å²) in [5, 5.41) is 33.2. The van der Waals surface area contributed by atoms with E-state index >= 15 is 0 Å². The van der Waals surface area contributed by atoms with Gasteiger partial charge < -0.3 is 30.3 Å². The van der Waals surface area contributed by atoms with Crippen molar-refractivity contribution < 1.29 is 29.6 Å². The van der Waals surface area contributed by atoms with Crippen LogP contribution in [0, 0.1) is 0 Å². The number of carbonyl (C=O) groups excluding carboxylic acids is 1. The average molecular weight is 485 g/mol. The molecule has 1 saturated heterocycles. The second kappa shape index (κ2) is 11.6. The normalized spacial score (nSPS) is 17.1. The Kier molecular flexibility index (Phi) is 8.75. The Labute approximate surface area is 206 Å². The maximum absolute atomic E-state index is 13.1. The van der Waals surface area contributed by atoms with Crippen LogP contribution in [0.5, 0.6) is 5.75 Å². The van der Waals surface area contributed by atoms with E-state index in [1.165, 1.54) is 6.07 Å². The molecular formula is C27H36N2O6. The average Bonchev–Trinajstić information content (AvgIpc) is 2.78. The van der Waals surface area contributed by atoms with Gasteiger partial charge in [0.25, 0.3) is 0 Å². The summed E-state index contributed by atoms with van der Waals surface area (Å²) in [5.41, 5.74) is 1.47. The van der Waals surface area contributed by atoms with Crippen LogP contribution in [0.15, 0.2) is 42.5 Å². The molecule has 190 valence electrons. The molecule has 8 nitrogen and oxygen atoms in total. The molecule has 1 aliphatic heterocycles. The lowest BCUT2D eigenvalue weighted by molar-refractivity contribution is -0.121. The van der Waals surface area contributed by atoms with Crippen LogP contribution in [0.3, 0.4) is 0 Å². The van der Waals surface area contributed by atoms with E-state index in [0.29, 0.717) is 25.1 Å². The number of anilines is 1. The summed E-state index contributed by atoms with van der Waals surface area (Å²) in [5.74, 6) is -1.11. The Bertz CT molecular complexity index is 1030. The van der Waals surface area contributed by atoms with E-state index in [2.05, 4.69) is 10.2 Å². The van der Waals surface area contributed by atoms with Gasteiger partial charge in [-0.05, 0) is 62.9 Å². The van der Waals surface area contributed by atoms with Gasteiger partial charge >= 0.3 is 5.97 Å². The maximum atomic E-state index is 13.1. The first-order valence-electron chi connectivity index (χ1n) is 12.1. The molecule has 1 fully saturated rings. The molecule has 2 aromatic carbocycles. The molecule has 3 rings (SSSR count). The maximum Gasteiger partial charge on any atom is 0.339 e. The van der Waals surface area contributed by atoms with Crippen molar-refractivity contribution in [3.8, 4) is 5.75 Å². The standard InChI is InChI=1S/C27H36N2O6/c1-4-35-24-14-18(11-12-21(24)26(32)33)15-25(31)28-22(16-27(2,3)34)20-9-5-6-10-23(20)29-13-7-8-19(30)17-29/h5-6,9-12,14,19,22,30,34H,4,7-8,13,15-17H2,1-3H3,(H,28,31)(H,32,33)/t19-,22+/m0/s1. The lowest BCUT2D eigenvalue weighted by Gasteiger charge is -2.36. The number of β-amino-alcohol motifs (C(OH)–C–C–N with tert-alkyl or cyclic N) is 1. The number of nitrogens with zero attached hydrogens (tertiary/aromatic N) is 1. The molecule has 8 heteroatoms. The number of benzene rings is 2. The zero-order valence-corrected chi connectivity index (χ0v) is 20.7. The highest BCUT2D eigenvalue weighted by molar-refractivity contribution is 5.91. The van der Waals surface area contributed by atoms with Crippen molar-refractivity contribution in [3.05, 3.63) is 59.2 Å². The van der Waals surface area contributed by atoms with E-state index in [0.717, 1.165) is 30.6 Å². The summed E-state index contributed by atoms with van der Waals surface area (Å²) in [6, 6.07) is 11.9. The third kappa shape index (κ3) is 7.44. The largest absolute Gasteiger partial charge is 0.493 e. The molecule has 2 atom stereocenters. The van der Waals surface area contributed by atoms with Crippen LogP contribution in [0.1, 0.15) is 67.6 Å². The highest BCUT2D eigenvalue weighted by Crippen LogP contribution is 2.33. The molecule has 0 radical (unpaired) electrons. The van der Waals surface area contributed by atoms with Crippen molar-refractivity contribution in [1.29, 1.82) is 0 Å². The molecule has 0 saturated carbocycles. The third-order valence-electron chi connectivity index (χ3n) is 6.03. The number of rotatable bonds is 10. The van der Waals surface area contributed by atoms with Gasteiger partial charge in [0.15, 0.2) is 0 Å². The fourth-order valence-electron chi connectivity index (χ4n) is 4.54. The number of carbonyl (C=O) groups is 2. The van der Waals surface area contributed by atoms with Crippen molar-refractivity contribution in [2.45, 2.75) is 64.2 Å². The van der Waals surface area contributed by atoms with Crippen molar-refractivity contribution in [2.24, 2.45) is 0 Å². The van der Waals surface area contributed by atoms with Crippen LogP contribution in [0.4, 0.5) is 5.69 Å². The summed E-state index contributed by atoms with van der Waals surface area (Å²) in [6.07, 6.45) is 1.59. The second-order valence-electron chi connectivity index (χ2n) is 9.68. The van der Waals surface area contributed by atoms with Crippen molar-refractivity contribution in [3.63, 3.8) is 0 Å². The predicted molar refractivity (Wildman–Crippen MR) is 134 cm³/mol. The van der Waals surface area contributed by atoms with E-state index < -0.39 is 23.7 Å². The van der Waals surface area contributed by atoms with Gasteiger partial charge in [-0.15, -0.1) is 0 Å². The van der Waals surface area contributed by atoms with Gasteiger partial charge in [0.2, 0.25) is 5.91 Å². The first-order valence-corrected chi connectivity index (χ1v) is 12.1. The van der Waals surface area contributed by atoms with Gasteiger partial charge in [0.05, 0.1) is 30.8 Å². The van der Waals surface area contributed by atoms with Gasteiger partial charge in [0.1, 0.15) is 11.3 Å². The summed E-state index contributed by atoms with van der Waals surface area (Å²) in [6.45, 7) is 6.83. The van der Waals surface area contributed by atoms with E-state index in [1.807, 2.05) is 24.3 Å². The summed E-state index contributed by atoms with van der Waals surface area (Å²) in [7, 11) is 0. The number of carboxylic acids is 1. The van der Waals surface area contributed by atoms with Gasteiger partial charge in [-0.25, -0.2) is 4.79 Å². The van der Waals surface area contributed by atoms with Crippen molar-refractivity contribution >= 4 is 17.6 Å². The minimum absolute atomic E-state index is 0.0346. The Morgan fingerprint density at radius 2 is 1.97 bits per heavy atom. The third-order valence-corrected chi connectivity index (χ3v) is 6.03. The number of aromatic carboxylic acids is 1. The van der Waals surface area contributed by atoms with Crippen LogP contribution < -0.4 is 15.0 Å². The van der Waals surface area contributed by atoms with Crippen LogP contribution in [0.25, 0.3) is 0 Å². The molecular weight excluding hydrogens is 448 g/mol. The van der Waals surface area contributed by atoms with Crippen LogP contribution in [-0.4, -0.2) is 58.6 Å². The quantitative estimate of drug-likeness (QED) is 0.408. The number of hydrogen-bond donors (Lipinski definition) is 4. The van der Waals surface area contributed by atoms with Crippen LogP contribution >= 0.6 is 0 Å². The zero-order valence-electron chi connectivity index (χ0n) is 20.7. The monoisotopic (exact) mass is 484 g/mol. The molecule has 35 heavy (non-hydrogen) atoms. The van der Waals surface area contributed by atoms with Crippen LogP contribution in [-0.2, 0) is 11.2 Å². The first-order chi connectivity index (χ1) is 16.6. The molecule has 4 N–H and O–H groups in total. The molecule has 0 spiro atoms. The second-order valence-corrected chi connectivity index (χ2v) is 9.68. The highest BCUT2D eigenvalue weighted by Gasteiger charge is 2.28. The number of ether oxygens (including phenoxy) is 1. The number of piperidine rings is 1. The molecule has 1 aliphatic rings.